The Bertz CT molecular complexity index is 119. The SMILES string of the molecule is C.O=C(Cl)OC1CCCCC1. The first-order chi connectivity index (χ1) is 4.79. The fourth-order valence-electron chi connectivity index (χ4n) is 1.31. The number of hydrogen-bond donors (Lipinski definition) is 0. The summed E-state index contributed by atoms with van der Waals surface area (Å²) in [6, 6.07) is 0. The van der Waals surface area contributed by atoms with Crippen LogP contribution in [0.15, 0.2) is 0 Å². The first-order valence-corrected chi connectivity index (χ1v) is 4.03. The van der Waals surface area contributed by atoms with Crippen molar-refractivity contribution in [2.24, 2.45) is 0 Å². The Morgan fingerprint density at radius 2 is 1.82 bits per heavy atom. The van der Waals surface area contributed by atoms with Crippen molar-refractivity contribution in [1.82, 2.24) is 0 Å². The molecule has 0 atom stereocenters. The number of rotatable bonds is 1. The van der Waals surface area contributed by atoms with Crippen molar-refractivity contribution in [3.8, 4) is 0 Å². The number of halogens is 1. The third-order valence-corrected chi connectivity index (χ3v) is 1.90. The van der Waals surface area contributed by atoms with Crippen molar-refractivity contribution < 1.29 is 9.53 Å². The molecule has 0 heterocycles. The summed E-state index contributed by atoms with van der Waals surface area (Å²) in [7, 11) is 0. The standard InChI is InChI=1S/C7H11ClO2.CH4/c8-7(9)10-6-4-2-1-3-5-6;/h6H,1-5H2;1H4. The Hall–Kier alpha value is -0.240. The van der Waals surface area contributed by atoms with Gasteiger partial charge in [-0.1, -0.05) is 13.8 Å². The minimum absolute atomic E-state index is 0. The molecule has 66 valence electrons. The molecule has 0 spiro atoms. The van der Waals surface area contributed by atoms with Crippen molar-refractivity contribution in [1.29, 1.82) is 0 Å². The Balaban J connectivity index is 0.000001000. The number of hydrogen-bond acceptors (Lipinski definition) is 2. The summed E-state index contributed by atoms with van der Waals surface area (Å²) in [6.07, 6.45) is 5.65. The van der Waals surface area contributed by atoms with Crippen LogP contribution >= 0.6 is 11.6 Å². The van der Waals surface area contributed by atoms with E-state index in [1.807, 2.05) is 0 Å². The van der Waals surface area contributed by atoms with Crippen LogP contribution in [0.25, 0.3) is 0 Å². The molecule has 0 aliphatic heterocycles. The average Bonchev–Trinajstić information content (AvgIpc) is 1.88. The molecule has 0 radical (unpaired) electrons. The molecule has 0 aromatic carbocycles. The summed E-state index contributed by atoms with van der Waals surface area (Å²) in [6.45, 7) is 0. The van der Waals surface area contributed by atoms with Gasteiger partial charge in [0.25, 0.3) is 0 Å². The normalized spacial score (nSPS) is 18.6. The molecule has 0 bridgehead atoms. The molecule has 3 heteroatoms. The fourth-order valence-corrected chi connectivity index (χ4v) is 1.44. The molecule has 1 aliphatic rings. The minimum Gasteiger partial charge on any atom is -0.450 e. The first-order valence-electron chi connectivity index (χ1n) is 3.65. The van der Waals surface area contributed by atoms with Gasteiger partial charge in [-0.15, -0.1) is 0 Å². The van der Waals surface area contributed by atoms with Crippen LogP contribution in [-0.4, -0.2) is 11.5 Å². The molecule has 0 N–H and O–H groups in total. The average molecular weight is 179 g/mol. The summed E-state index contributed by atoms with van der Waals surface area (Å²) < 4.78 is 4.82. The molecule has 0 aromatic rings. The van der Waals surface area contributed by atoms with E-state index in [-0.39, 0.29) is 13.5 Å². The fraction of sp³-hybridized carbons (Fsp3) is 0.875. The van der Waals surface area contributed by atoms with E-state index in [4.69, 9.17) is 16.3 Å². The van der Waals surface area contributed by atoms with E-state index in [0.717, 1.165) is 25.7 Å². The lowest BCUT2D eigenvalue weighted by molar-refractivity contribution is 0.0954. The monoisotopic (exact) mass is 178 g/mol. The topological polar surface area (TPSA) is 26.3 Å². The molecule has 1 fully saturated rings. The quantitative estimate of drug-likeness (QED) is 0.576. The van der Waals surface area contributed by atoms with Crippen LogP contribution in [-0.2, 0) is 4.74 Å². The lowest BCUT2D eigenvalue weighted by Crippen LogP contribution is -2.17. The highest BCUT2D eigenvalue weighted by Crippen LogP contribution is 2.20. The van der Waals surface area contributed by atoms with Crippen LogP contribution in [0.4, 0.5) is 4.79 Å². The molecule has 1 saturated carbocycles. The highest BCUT2D eigenvalue weighted by Gasteiger charge is 2.15. The van der Waals surface area contributed by atoms with Crippen LogP contribution in [0.2, 0.25) is 0 Å². The highest BCUT2D eigenvalue weighted by molar-refractivity contribution is 6.61. The zero-order valence-electron chi connectivity index (χ0n) is 5.81. The van der Waals surface area contributed by atoms with E-state index in [1.165, 1.54) is 6.42 Å². The van der Waals surface area contributed by atoms with Gasteiger partial charge in [-0.3, -0.25) is 0 Å². The van der Waals surface area contributed by atoms with E-state index in [2.05, 4.69) is 0 Å². The Morgan fingerprint density at radius 1 is 1.27 bits per heavy atom. The summed E-state index contributed by atoms with van der Waals surface area (Å²) in [5.41, 5.74) is -0.660. The van der Waals surface area contributed by atoms with Gasteiger partial charge in [-0.05, 0) is 25.7 Å². The number of ether oxygens (including phenoxy) is 1. The maximum absolute atomic E-state index is 10.3. The lowest BCUT2D eigenvalue weighted by atomic mass is 9.98. The van der Waals surface area contributed by atoms with Crippen molar-refractivity contribution in [2.75, 3.05) is 0 Å². The van der Waals surface area contributed by atoms with Crippen LogP contribution in [0.5, 0.6) is 0 Å². The third-order valence-electron chi connectivity index (χ3n) is 1.81. The zero-order valence-corrected chi connectivity index (χ0v) is 6.56. The van der Waals surface area contributed by atoms with E-state index in [1.54, 1.807) is 0 Å². The second kappa shape index (κ2) is 5.42. The van der Waals surface area contributed by atoms with Gasteiger partial charge in [-0.2, -0.15) is 0 Å². The van der Waals surface area contributed by atoms with Crippen molar-refractivity contribution in [3.05, 3.63) is 0 Å². The molecule has 0 aromatic heterocycles. The van der Waals surface area contributed by atoms with Crippen LogP contribution < -0.4 is 0 Å². The molecule has 0 amide bonds. The zero-order chi connectivity index (χ0) is 7.40. The van der Waals surface area contributed by atoms with Gasteiger partial charge in [0.1, 0.15) is 6.10 Å². The Morgan fingerprint density at radius 3 is 2.27 bits per heavy atom. The molecule has 11 heavy (non-hydrogen) atoms. The van der Waals surface area contributed by atoms with Gasteiger partial charge in [0, 0.05) is 11.6 Å². The maximum atomic E-state index is 10.3. The number of carbonyl (C=O) groups excluding carboxylic acids is 1. The third kappa shape index (κ3) is 4.25. The van der Waals surface area contributed by atoms with E-state index >= 15 is 0 Å². The van der Waals surface area contributed by atoms with Gasteiger partial charge in [0.15, 0.2) is 0 Å². The first kappa shape index (κ1) is 10.8. The van der Waals surface area contributed by atoms with Crippen molar-refractivity contribution >= 4 is 17.0 Å². The van der Waals surface area contributed by atoms with E-state index < -0.39 is 5.43 Å². The van der Waals surface area contributed by atoms with Crippen LogP contribution in [0.3, 0.4) is 0 Å². The van der Waals surface area contributed by atoms with Gasteiger partial charge in [0.2, 0.25) is 0 Å². The molecule has 0 unspecified atom stereocenters. The lowest BCUT2D eigenvalue weighted by Gasteiger charge is -2.19. The predicted molar refractivity (Wildman–Crippen MR) is 45.9 cm³/mol. The number of carbonyl (C=O) groups is 1. The second-order valence-electron chi connectivity index (χ2n) is 2.62. The van der Waals surface area contributed by atoms with Crippen LogP contribution in [0.1, 0.15) is 39.5 Å². The molecule has 1 rings (SSSR count). The van der Waals surface area contributed by atoms with Crippen molar-refractivity contribution in [2.45, 2.75) is 45.6 Å². The molecular formula is C8H15ClO2. The minimum atomic E-state index is -0.660. The summed E-state index contributed by atoms with van der Waals surface area (Å²) in [4.78, 5) is 10.3. The van der Waals surface area contributed by atoms with E-state index in [9.17, 15) is 4.79 Å². The Labute approximate surface area is 72.9 Å². The van der Waals surface area contributed by atoms with Gasteiger partial charge >= 0.3 is 5.43 Å². The van der Waals surface area contributed by atoms with Crippen LogP contribution in [0, 0.1) is 0 Å². The summed E-state index contributed by atoms with van der Waals surface area (Å²) >= 11 is 5.05. The molecular weight excluding hydrogens is 164 g/mol. The predicted octanol–water partition coefficient (Wildman–Crippen LogP) is 3.33. The van der Waals surface area contributed by atoms with Crippen molar-refractivity contribution in [3.63, 3.8) is 0 Å². The molecule has 0 saturated heterocycles. The smallest absolute Gasteiger partial charge is 0.404 e. The van der Waals surface area contributed by atoms with Gasteiger partial charge in [-0.25, -0.2) is 4.79 Å². The highest BCUT2D eigenvalue weighted by atomic mass is 35.5. The summed E-state index contributed by atoms with van der Waals surface area (Å²) in [5.74, 6) is 0. The second-order valence-corrected chi connectivity index (χ2v) is 2.92. The molecule has 2 nitrogen and oxygen atoms in total. The maximum Gasteiger partial charge on any atom is 0.404 e. The van der Waals surface area contributed by atoms with Gasteiger partial charge < -0.3 is 4.74 Å². The van der Waals surface area contributed by atoms with E-state index in [0.29, 0.717) is 0 Å². The summed E-state index contributed by atoms with van der Waals surface area (Å²) in [5, 5.41) is 0. The van der Waals surface area contributed by atoms with Gasteiger partial charge in [0.05, 0.1) is 0 Å². The largest absolute Gasteiger partial charge is 0.450 e. The Kier molecular flexibility index (Phi) is 5.30. The molecule has 1 aliphatic carbocycles.